The zero-order chi connectivity index (χ0) is 18.5. The molecule has 0 bridgehead atoms. The average molecular weight is 356 g/mol. The number of aromatic nitrogens is 2. The van der Waals surface area contributed by atoms with E-state index in [9.17, 15) is 14.4 Å². The highest BCUT2D eigenvalue weighted by molar-refractivity contribution is 5.76. The second kappa shape index (κ2) is 8.14. The number of benzene rings is 1. The van der Waals surface area contributed by atoms with Gasteiger partial charge < -0.3 is 10.6 Å². The van der Waals surface area contributed by atoms with Crippen molar-refractivity contribution in [1.82, 2.24) is 19.8 Å². The van der Waals surface area contributed by atoms with Crippen molar-refractivity contribution in [2.75, 3.05) is 6.54 Å². The van der Waals surface area contributed by atoms with E-state index in [1.807, 2.05) is 30.3 Å². The van der Waals surface area contributed by atoms with Crippen LogP contribution in [0.25, 0.3) is 0 Å². The minimum Gasteiger partial charge on any atom is -0.352 e. The summed E-state index contributed by atoms with van der Waals surface area (Å²) >= 11 is 0. The fourth-order valence-corrected chi connectivity index (χ4v) is 3.28. The molecule has 1 saturated heterocycles. The standard InChI is InChI=1S/C19H24N4O3/c1-14-11-16(7-9-20-14)21-17(24)13-23-18(25)8-10-22(19(23)26)12-15-5-3-2-4-6-15/h2-6,8,10,14,16,20H,7,9,11-13H2,1H3,(H,21,24). The van der Waals surface area contributed by atoms with Crippen molar-refractivity contribution in [2.24, 2.45) is 0 Å². The molecule has 7 nitrogen and oxygen atoms in total. The van der Waals surface area contributed by atoms with Crippen LogP contribution in [-0.2, 0) is 17.9 Å². The number of carbonyl (C=O) groups excluding carboxylic acids is 1. The lowest BCUT2D eigenvalue weighted by atomic mass is 10.0. The summed E-state index contributed by atoms with van der Waals surface area (Å²) < 4.78 is 2.43. The van der Waals surface area contributed by atoms with Crippen molar-refractivity contribution in [3.05, 3.63) is 69.0 Å². The third-order valence-corrected chi connectivity index (χ3v) is 4.63. The maximum atomic E-state index is 12.6. The Morgan fingerprint density at radius 1 is 1.23 bits per heavy atom. The third kappa shape index (κ3) is 4.49. The highest BCUT2D eigenvalue weighted by Gasteiger charge is 2.20. The van der Waals surface area contributed by atoms with Gasteiger partial charge >= 0.3 is 5.69 Å². The Bertz CT molecular complexity index is 872. The van der Waals surface area contributed by atoms with E-state index >= 15 is 0 Å². The molecule has 138 valence electrons. The van der Waals surface area contributed by atoms with Crippen molar-refractivity contribution in [1.29, 1.82) is 0 Å². The summed E-state index contributed by atoms with van der Waals surface area (Å²) in [5, 5.41) is 6.26. The molecule has 0 radical (unpaired) electrons. The van der Waals surface area contributed by atoms with Crippen LogP contribution in [0.1, 0.15) is 25.3 Å². The van der Waals surface area contributed by atoms with Gasteiger partial charge in [-0.3, -0.25) is 18.7 Å². The summed E-state index contributed by atoms with van der Waals surface area (Å²) in [6, 6.07) is 11.2. The van der Waals surface area contributed by atoms with Gasteiger partial charge in [-0.15, -0.1) is 0 Å². The molecule has 1 amide bonds. The van der Waals surface area contributed by atoms with Crippen molar-refractivity contribution in [3.8, 4) is 0 Å². The van der Waals surface area contributed by atoms with Gasteiger partial charge in [-0.1, -0.05) is 30.3 Å². The van der Waals surface area contributed by atoms with Gasteiger partial charge in [-0.2, -0.15) is 0 Å². The number of amides is 1. The summed E-state index contributed by atoms with van der Waals surface area (Å²) in [6.07, 6.45) is 3.16. The van der Waals surface area contributed by atoms with E-state index in [2.05, 4.69) is 17.6 Å². The van der Waals surface area contributed by atoms with Crippen LogP contribution in [-0.4, -0.2) is 33.7 Å². The first-order valence-electron chi connectivity index (χ1n) is 8.90. The van der Waals surface area contributed by atoms with Crippen molar-refractivity contribution >= 4 is 5.91 Å². The van der Waals surface area contributed by atoms with E-state index in [0.29, 0.717) is 12.6 Å². The summed E-state index contributed by atoms with van der Waals surface area (Å²) in [5.41, 5.74) is 0.0104. The average Bonchev–Trinajstić information content (AvgIpc) is 2.62. The molecule has 7 heteroatoms. The number of hydrogen-bond donors (Lipinski definition) is 2. The zero-order valence-corrected chi connectivity index (χ0v) is 14.9. The number of nitrogens with one attached hydrogen (secondary N) is 2. The maximum absolute atomic E-state index is 12.6. The molecule has 0 spiro atoms. The van der Waals surface area contributed by atoms with Gasteiger partial charge in [0.15, 0.2) is 0 Å². The molecule has 2 aromatic rings. The van der Waals surface area contributed by atoms with E-state index in [1.54, 1.807) is 0 Å². The number of hydrogen-bond acceptors (Lipinski definition) is 4. The fourth-order valence-electron chi connectivity index (χ4n) is 3.28. The maximum Gasteiger partial charge on any atom is 0.331 e. The van der Waals surface area contributed by atoms with Gasteiger partial charge in [0, 0.05) is 24.3 Å². The molecule has 0 saturated carbocycles. The zero-order valence-electron chi connectivity index (χ0n) is 14.9. The molecule has 1 aromatic carbocycles. The van der Waals surface area contributed by atoms with Crippen LogP contribution < -0.4 is 21.9 Å². The summed E-state index contributed by atoms with van der Waals surface area (Å²) in [7, 11) is 0. The van der Waals surface area contributed by atoms with E-state index in [-0.39, 0.29) is 18.5 Å². The lowest BCUT2D eigenvalue weighted by Gasteiger charge is -2.28. The Morgan fingerprint density at radius 2 is 2.00 bits per heavy atom. The Hall–Kier alpha value is -2.67. The van der Waals surface area contributed by atoms with E-state index in [4.69, 9.17) is 0 Å². The summed E-state index contributed by atoms with van der Waals surface area (Å²) in [6.45, 7) is 3.02. The highest BCUT2D eigenvalue weighted by atomic mass is 16.2. The van der Waals surface area contributed by atoms with E-state index < -0.39 is 11.2 Å². The van der Waals surface area contributed by atoms with Gasteiger partial charge in [-0.05, 0) is 31.9 Å². The molecule has 3 rings (SSSR count). The van der Waals surface area contributed by atoms with E-state index in [1.165, 1.54) is 16.8 Å². The Balaban J connectivity index is 1.73. The van der Waals surface area contributed by atoms with Crippen LogP contribution in [0.3, 0.4) is 0 Å². The molecule has 1 fully saturated rings. The normalized spacial score (nSPS) is 19.9. The topological polar surface area (TPSA) is 85.1 Å². The third-order valence-electron chi connectivity index (χ3n) is 4.63. The van der Waals surface area contributed by atoms with Crippen molar-refractivity contribution in [3.63, 3.8) is 0 Å². The molecule has 1 aromatic heterocycles. The first-order valence-corrected chi connectivity index (χ1v) is 8.90. The van der Waals surface area contributed by atoms with Crippen molar-refractivity contribution < 1.29 is 4.79 Å². The SMILES string of the molecule is CC1CC(NC(=O)Cn2c(=O)ccn(Cc3ccccc3)c2=O)CCN1. The van der Waals surface area contributed by atoms with Gasteiger partial charge in [0.25, 0.3) is 5.56 Å². The Morgan fingerprint density at radius 3 is 2.73 bits per heavy atom. The number of rotatable bonds is 5. The second-order valence-corrected chi connectivity index (χ2v) is 6.78. The van der Waals surface area contributed by atoms with Gasteiger partial charge in [-0.25, -0.2) is 4.79 Å². The van der Waals surface area contributed by atoms with Crippen molar-refractivity contribution in [2.45, 2.75) is 44.9 Å². The van der Waals surface area contributed by atoms with Crippen LogP contribution >= 0.6 is 0 Å². The molecule has 2 atom stereocenters. The molecule has 1 aliphatic rings. The first kappa shape index (κ1) is 18.1. The van der Waals surface area contributed by atoms with Crippen LogP contribution in [0.5, 0.6) is 0 Å². The van der Waals surface area contributed by atoms with Gasteiger partial charge in [0.1, 0.15) is 6.54 Å². The molecular formula is C19H24N4O3. The minimum atomic E-state index is -0.477. The molecule has 2 unspecified atom stereocenters. The first-order chi connectivity index (χ1) is 12.5. The van der Waals surface area contributed by atoms with E-state index in [0.717, 1.165) is 29.5 Å². The summed E-state index contributed by atoms with van der Waals surface area (Å²) in [4.78, 5) is 37.0. The number of piperidine rings is 1. The smallest absolute Gasteiger partial charge is 0.331 e. The largest absolute Gasteiger partial charge is 0.352 e. The number of nitrogens with zero attached hydrogens (tertiary/aromatic N) is 2. The highest BCUT2D eigenvalue weighted by Crippen LogP contribution is 2.07. The van der Waals surface area contributed by atoms with Crippen LogP contribution in [0.15, 0.2) is 52.2 Å². The Kier molecular flexibility index (Phi) is 5.68. The molecule has 1 aliphatic heterocycles. The number of carbonyl (C=O) groups is 1. The quantitative estimate of drug-likeness (QED) is 0.808. The lowest BCUT2D eigenvalue weighted by molar-refractivity contribution is -0.122. The van der Waals surface area contributed by atoms with Crippen LogP contribution in [0, 0.1) is 0 Å². The predicted octanol–water partition coefficient (Wildman–Crippen LogP) is 0.315. The second-order valence-electron chi connectivity index (χ2n) is 6.78. The summed E-state index contributed by atoms with van der Waals surface area (Å²) in [5.74, 6) is -0.305. The molecular weight excluding hydrogens is 332 g/mol. The molecule has 2 N–H and O–H groups in total. The Labute approximate surface area is 151 Å². The lowest BCUT2D eigenvalue weighted by Crippen LogP contribution is -2.49. The fraction of sp³-hybridized carbons (Fsp3) is 0.421. The van der Waals surface area contributed by atoms with Crippen LogP contribution in [0.4, 0.5) is 0 Å². The van der Waals surface area contributed by atoms with Gasteiger partial charge in [0.05, 0.1) is 6.54 Å². The minimum absolute atomic E-state index is 0.0738. The monoisotopic (exact) mass is 356 g/mol. The van der Waals surface area contributed by atoms with Crippen LogP contribution in [0.2, 0.25) is 0 Å². The predicted molar refractivity (Wildman–Crippen MR) is 99.1 cm³/mol. The molecule has 26 heavy (non-hydrogen) atoms. The molecule has 0 aliphatic carbocycles. The molecule has 2 heterocycles. The van der Waals surface area contributed by atoms with Gasteiger partial charge in [0.2, 0.25) is 5.91 Å².